The first-order valence-corrected chi connectivity index (χ1v) is 10.3. The van der Waals surface area contributed by atoms with Crippen molar-refractivity contribution in [3.63, 3.8) is 0 Å². The summed E-state index contributed by atoms with van der Waals surface area (Å²) in [6.45, 7) is 3.80. The summed E-state index contributed by atoms with van der Waals surface area (Å²) < 4.78 is 4.57. The molecule has 0 aromatic rings. The highest BCUT2D eigenvalue weighted by atomic mass is 16.8. The fourth-order valence-corrected chi connectivity index (χ4v) is 2.65. The largest absolute Gasteiger partial charge is 0.408 e. The van der Waals surface area contributed by atoms with Crippen LogP contribution in [0.4, 0.5) is 0 Å². The first-order chi connectivity index (χ1) is 12.0. The van der Waals surface area contributed by atoms with Crippen LogP contribution in [0.2, 0.25) is 0 Å². The maximum absolute atomic E-state index is 11.4. The maximum atomic E-state index is 11.4. The Labute approximate surface area is 154 Å². The molecule has 0 saturated carbocycles. The molecule has 0 heterocycles. The number of rotatable bonds is 17. The van der Waals surface area contributed by atoms with Crippen molar-refractivity contribution < 1.29 is 19.7 Å². The Morgan fingerprint density at radius 2 is 1.28 bits per heavy atom. The van der Waals surface area contributed by atoms with Gasteiger partial charge in [0.1, 0.15) is 0 Å². The van der Waals surface area contributed by atoms with E-state index in [1.807, 2.05) is 0 Å². The molecule has 0 spiro atoms. The summed E-state index contributed by atoms with van der Waals surface area (Å²) in [5.41, 5.74) is 0. The third-order valence-corrected chi connectivity index (χ3v) is 4.38. The number of carbonyl (C=O) groups is 1. The number of aliphatic hydroxyl groups is 2. The summed E-state index contributed by atoms with van der Waals surface area (Å²) >= 11 is 0. The van der Waals surface area contributed by atoms with Gasteiger partial charge in [0.05, 0.1) is 0 Å². The molecule has 0 aromatic heterocycles. The summed E-state index contributed by atoms with van der Waals surface area (Å²) in [5.74, 6) is -2.84. The fourth-order valence-electron chi connectivity index (χ4n) is 2.65. The predicted molar refractivity (Wildman–Crippen MR) is 103 cm³/mol. The molecule has 0 unspecified atom stereocenters. The number of unbranched alkanes of at least 4 members (excludes halogenated alkanes) is 11. The van der Waals surface area contributed by atoms with Crippen molar-refractivity contribution >= 4 is 5.97 Å². The molecule has 0 radical (unpaired) electrons. The van der Waals surface area contributed by atoms with Gasteiger partial charge in [0, 0.05) is 12.8 Å². The van der Waals surface area contributed by atoms with E-state index in [0.717, 1.165) is 25.7 Å². The first-order valence-electron chi connectivity index (χ1n) is 10.3. The smallest absolute Gasteiger partial charge is 0.323 e. The van der Waals surface area contributed by atoms with E-state index < -0.39 is 11.9 Å². The first kappa shape index (κ1) is 24.1. The second-order valence-electron chi connectivity index (χ2n) is 6.91. The summed E-state index contributed by atoms with van der Waals surface area (Å²) in [6, 6.07) is 0. The van der Waals surface area contributed by atoms with Gasteiger partial charge in [0.25, 0.3) is 0 Å². The quantitative estimate of drug-likeness (QED) is 0.154. The van der Waals surface area contributed by atoms with Crippen molar-refractivity contribution in [3.8, 4) is 0 Å². The molecular weight excluding hydrogens is 316 g/mol. The lowest BCUT2D eigenvalue weighted by molar-refractivity contribution is -0.319. The van der Waals surface area contributed by atoms with E-state index >= 15 is 0 Å². The molecule has 25 heavy (non-hydrogen) atoms. The van der Waals surface area contributed by atoms with Crippen LogP contribution < -0.4 is 0 Å². The van der Waals surface area contributed by atoms with Crippen molar-refractivity contribution in [3.05, 3.63) is 12.2 Å². The van der Waals surface area contributed by atoms with E-state index in [9.17, 15) is 15.0 Å². The maximum Gasteiger partial charge on any atom is 0.323 e. The summed E-state index contributed by atoms with van der Waals surface area (Å²) in [4.78, 5) is 11.4. The monoisotopic (exact) mass is 356 g/mol. The van der Waals surface area contributed by atoms with Crippen LogP contribution in [0, 0.1) is 0 Å². The van der Waals surface area contributed by atoms with E-state index in [4.69, 9.17) is 0 Å². The molecule has 0 amide bonds. The van der Waals surface area contributed by atoms with Crippen LogP contribution in [0.3, 0.4) is 0 Å². The highest BCUT2D eigenvalue weighted by Crippen LogP contribution is 2.12. The Kier molecular flexibility index (Phi) is 16.0. The van der Waals surface area contributed by atoms with Gasteiger partial charge < -0.3 is 14.9 Å². The standard InChI is InChI=1S/C21H40O4/c1-3-5-6-7-8-9-10-11-12-13-14-15-16-17-18-19-20(22)25-21(23,24)4-2/h11-12,23-24H,3-10,13-19H2,1-2H3/b12-11-. The lowest BCUT2D eigenvalue weighted by atomic mass is 10.1. The Balaban J connectivity index is 3.30. The van der Waals surface area contributed by atoms with Crippen molar-refractivity contribution in [2.75, 3.05) is 0 Å². The van der Waals surface area contributed by atoms with Crippen LogP contribution in [-0.4, -0.2) is 22.2 Å². The van der Waals surface area contributed by atoms with Gasteiger partial charge in [-0.15, -0.1) is 0 Å². The average molecular weight is 357 g/mol. The van der Waals surface area contributed by atoms with Crippen molar-refractivity contribution in [2.45, 2.75) is 116 Å². The SMILES string of the molecule is CCCCCCCC/C=C\CCCCCCCC(=O)OC(O)(O)CC. The topological polar surface area (TPSA) is 66.8 Å². The van der Waals surface area contributed by atoms with Gasteiger partial charge >= 0.3 is 11.9 Å². The van der Waals surface area contributed by atoms with Gasteiger partial charge in [0.2, 0.25) is 0 Å². The number of esters is 1. The van der Waals surface area contributed by atoms with E-state index in [1.54, 1.807) is 6.92 Å². The average Bonchev–Trinajstić information content (AvgIpc) is 2.58. The zero-order chi connectivity index (χ0) is 18.8. The summed E-state index contributed by atoms with van der Waals surface area (Å²) in [5, 5.41) is 18.5. The fraction of sp³-hybridized carbons (Fsp3) is 0.857. The van der Waals surface area contributed by atoms with E-state index in [0.29, 0.717) is 0 Å². The normalized spacial score (nSPS) is 12.0. The second kappa shape index (κ2) is 16.6. The third kappa shape index (κ3) is 17.7. The van der Waals surface area contributed by atoms with Crippen molar-refractivity contribution in [2.24, 2.45) is 0 Å². The molecule has 4 nitrogen and oxygen atoms in total. The Morgan fingerprint density at radius 3 is 1.80 bits per heavy atom. The lowest BCUT2D eigenvalue weighted by Gasteiger charge is -2.19. The van der Waals surface area contributed by atoms with Gasteiger partial charge in [-0.3, -0.25) is 4.79 Å². The van der Waals surface area contributed by atoms with Crippen LogP contribution >= 0.6 is 0 Å². The number of carbonyl (C=O) groups excluding carboxylic acids is 1. The van der Waals surface area contributed by atoms with Gasteiger partial charge in [-0.2, -0.15) is 0 Å². The van der Waals surface area contributed by atoms with Crippen molar-refractivity contribution in [1.82, 2.24) is 0 Å². The molecule has 0 saturated heterocycles. The molecule has 4 heteroatoms. The van der Waals surface area contributed by atoms with Gasteiger partial charge in [-0.05, 0) is 32.1 Å². The van der Waals surface area contributed by atoms with E-state index in [-0.39, 0.29) is 12.8 Å². The third-order valence-electron chi connectivity index (χ3n) is 4.38. The number of ether oxygens (including phenoxy) is 1. The Morgan fingerprint density at radius 1 is 0.800 bits per heavy atom. The summed E-state index contributed by atoms with van der Waals surface area (Å²) in [7, 11) is 0. The number of hydrogen-bond acceptors (Lipinski definition) is 4. The van der Waals surface area contributed by atoms with Crippen LogP contribution in [0.1, 0.15) is 110 Å². The van der Waals surface area contributed by atoms with Gasteiger partial charge in [0.15, 0.2) is 0 Å². The Bertz CT molecular complexity index is 337. The predicted octanol–water partition coefficient (Wildman–Crippen LogP) is 5.62. The van der Waals surface area contributed by atoms with E-state index in [2.05, 4.69) is 23.8 Å². The van der Waals surface area contributed by atoms with Crippen LogP contribution in [0.25, 0.3) is 0 Å². The zero-order valence-corrected chi connectivity index (χ0v) is 16.5. The van der Waals surface area contributed by atoms with Gasteiger partial charge in [-0.25, -0.2) is 0 Å². The Hall–Kier alpha value is -0.870. The summed E-state index contributed by atoms with van der Waals surface area (Å²) in [6.07, 6.45) is 20.5. The molecule has 0 aliphatic heterocycles. The van der Waals surface area contributed by atoms with Crippen LogP contribution in [0.5, 0.6) is 0 Å². The van der Waals surface area contributed by atoms with E-state index in [1.165, 1.54) is 57.8 Å². The second-order valence-corrected chi connectivity index (χ2v) is 6.91. The molecule has 148 valence electrons. The van der Waals surface area contributed by atoms with Gasteiger partial charge in [-0.1, -0.05) is 77.4 Å². The highest BCUT2D eigenvalue weighted by molar-refractivity contribution is 5.69. The van der Waals surface area contributed by atoms with Crippen LogP contribution in [0.15, 0.2) is 12.2 Å². The highest BCUT2D eigenvalue weighted by Gasteiger charge is 2.25. The molecular formula is C21H40O4. The van der Waals surface area contributed by atoms with Crippen molar-refractivity contribution in [1.29, 1.82) is 0 Å². The van der Waals surface area contributed by atoms with Crippen LogP contribution in [-0.2, 0) is 9.53 Å². The molecule has 0 aromatic carbocycles. The molecule has 0 rings (SSSR count). The zero-order valence-electron chi connectivity index (χ0n) is 16.5. The minimum atomic E-state index is -2.31. The molecule has 0 fully saturated rings. The molecule has 0 bridgehead atoms. The molecule has 2 N–H and O–H groups in total. The molecule has 0 aliphatic carbocycles. The number of hydrogen-bond donors (Lipinski definition) is 2. The minimum absolute atomic E-state index is 0.0227. The molecule has 0 aliphatic rings. The molecule has 0 atom stereocenters. The minimum Gasteiger partial charge on any atom is -0.408 e. The lowest BCUT2D eigenvalue weighted by Crippen LogP contribution is -2.33. The number of allylic oxidation sites excluding steroid dienone is 2.